The third kappa shape index (κ3) is 1.92. The molecule has 0 spiro atoms. The standard InChI is InChI=1S/C10H15FN4O/c1-7-5-15(6-13-7)10(16)14(2)9-4-12-3-8(9)11/h5-6,8-9,12H,3-4H2,1-2H3. The summed E-state index contributed by atoms with van der Waals surface area (Å²) in [5.41, 5.74) is 0.767. The molecule has 1 aliphatic rings. The van der Waals surface area contributed by atoms with Crippen LogP contribution in [0.25, 0.3) is 0 Å². The van der Waals surface area contributed by atoms with Gasteiger partial charge in [0.15, 0.2) is 0 Å². The van der Waals surface area contributed by atoms with Gasteiger partial charge < -0.3 is 10.2 Å². The van der Waals surface area contributed by atoms with E-state index in [1.807, 2.05) is 0 Å². The lowest BCUT2D eigenvalue weighted by Crippen LogP contribution is -2.44. The minimum Gasteiger partial charge on any atom is -0.320 e. The first-order valence-electron chi connectivity index (χ1n) is 5.22. The van der Waals surface area contributed by atoms with E-state index in [9.17, 15) is 9.18 Å². The van der Waals surface area contributed by atoms with E-state index in [0.29, 0.717) is 13.1 Å². The van der Waals surface area contributed by atoms with Gasteiger partial charge in [-0.1, -0.05) is 0 Å². The Bertz CT molecular complexity index is 392. The molecule has 2 rings (SSSR count). The Morgan fingerprint density at radius 1 is 1.69 bits per heavy atom. The number of nitrogens with zero attached hydrogens (tertiary/aromatic N) is 3. The molecule has 1 fully saturated rings. The second-order valence-corrected chi connectivity index (χ2v) is 4.06. The Hall–Kier alpha value is -1.43. The van der Waals surface area contributed by atoms with Crippen LogP contribution in [0.5, 0.6) is 0 Å². The van der Waals surface area contributed by atoms with Crippen LogP contribution >= 0.6 is 0 Å². The highest BCUT2D eigenvalue weighted by atomic mass is 19.1. The van der Waals surface area contributed by atoms with Crippen LogP contribution in [0.4, 0.5) is 9.18 Å². The molecular formula is C10H15FN4O. The lowest BCUT2D eigenvalue weighted by molar-refractivity contribution is 0.166. The highest BCUT2D eigenvalue weighted by Crippen LogP contribution is 2.12. The smallest absolute Gasteiger partial charge is 0.320 e. The van der Waals surface area contributed by atoms with E-state index in [2.05, 4.69) is 10.3 Å². The number of carbonyl (C=O) groups is 1. The van der Waals surface area contributed by atoms with Crippen molar-refractivity contribution in [2.45, 2.75) is 19.1 Å². The second kappa shape index (κ2) is 4.21. The fourth-order valence-electron chi connectivity index (χ4n) is 1.86. The van der Waals surface area contributed by atoms with E-state index in [1.165, 1.54) is 15.8 Å². The molecule has 1 aromatic heterocycles. The predicted molar refractivity (Wildman–Crippen MR) is 57.1 cm³/mol. The fraction of sp³-hybridized carbons (Fsp3) is 0.600. The van der Waals surface area contributed by atoms with Crippen LogP contribution in [0.3, 0.4) is 0 Å². The molecule has 0 bridgehead atoms. The zero-order chi connectivity index (χ0) is 11.7. The Labute approximate surface area is 93.3 Å². The lowest BCUT2D eigenvalue weighted by atomic mass is 10.2. The summed E-state index contributed by atoms with van der Waals surface area (Å²) in [5.74, 6) is 0. The van der Waals surface area contributed by atoms with Crippen molar-refractivity contribution in [3.63, 3.8) is 0 Å². The Morgan fingerprint density at radius 3 is 2.94 bits per heavy atom. The molecule has 1 N–H and O–H groups in total. The Balaban J connectivity index is 2.10. The van der Waals surface area contributed by atoms with Gasteiger partial charge in [0, 0.05) is 26.3 Å². The topological polar surface area (TPSA) is 50.2 Å². The summed E-state index contributed by atoms with van der Waals surface area (Å²) in [7, 11) is 1.61. The molecule has 6 heteroatoms. The molecule has 0 radical (unpaired) electrons. The van der Waals surface area contributed by atoms with Crippen LogP contribution in [-0.2, 0) is 0 Å². The van der Waals surface area contributed by atoms with Crippen LogP contribution < -0.4 is 5.32 Å². The van der Waals surface area contributed by atoms with Gasteiger partial charge in [-0.3, -0.25) is 4.57 Å². The largest absolute Gasteiger partial charge is 0.329 e. The van der Waals surface area contributed by atoms with Gasteiger partial charge in [-0.15, -0.1) is 0 Å². The van der Waals surface area contributed by atoms with E-state index in [4.69, 9.17) is 0 Å². The van der Waals surface area contributed by atoms with Gasteiger partial charge in [0.25, 0.3) is 0 Å². The van der Waals surface area contributed by atoms with Crippen molar-refractivity contribution in [2.75, 3.05) is 20.1 Å². The molecular weight excluding hydrogens is 211 g/mol. The zero-order valence-electron chi connectivity index (χ0n) is 9.35. The minimum atomic E-state index is -1.00. The summed E-state index contributed by atoms with van der Waals surface area (Å²) in [6, 6.07) is -0.646. The number of hydrogen-bond acceptors (Lipinski definition) is 3. The average Bonchev–Trinajstić information content (AvgIpc) is 2.85. The third-order valence-electron chi connectivity index (χ3n) is 2.84. The molecule has 2 atom stereocenters. The summed E-state index contributed by atoms with van der Waals surface area (Å²) < 4.78 is 14.8. The molecule has 1 aromatic rings. The number of carbonyl (C=O) groups excluding carboxylic acids is 1. The maximum Gasteiger partial charge on any atom is 0.329 e. The van der Waals surface area contributed by atoms with Crippen molar-refractivity contribution >= 4 is 6.03 Å². The van der Waals surface area contributed by atoms with Gasteiger partial charge in [0.05, 0.1) is 11.7 Å². The van der Waals surface area contributed by atoms with E-state index >= 15 is 0 Å². The van der Waals surface area contributed by atoms with Crippen molar-refractivity contribution in [2.24, 2.45) is 0 Å². The third-order valence-corrected chi connectivity index (χ3v) is 2.84. The number of hydrogen-bond donors (Lipinski definition) is 1. The number of halogens is 1. The molecule has 2 heterocycles. The van der Waals surface area contributed by atoms with Crippen LogP contribution in [0.2, 0.25) is 0 Å². The number of imidazole rings is 1. The highest BCUT2D eigenvalue weighted by Gasteiger charge is 2.33. The Morgan fingerprint density at radius 2 is 2.44 bits per heavy atom. The second-order valence-electron chi connectivity index (χ2n) is 4.06. The first-order chi connectivity index (χ1) is 7.59. The normalized spacial score (nSPS) is 24.7. The highest BCUT2D eigenvalue weighted by molar-refractivity contribution is 5.77. The van der Waals surface area contributed by atoms with E-state index in [1.54, 1.807) is 20.2 Å². The first kappa shape index (κ1) is 11.1. The number of amides is 1. The van der Waals surface area contributed by atoms with E-state index in [0.717, 1.165) is 5.69 Å². The molecule has 2 unspecified atom stereocenters. The van der Waals surface area contributed by atoms with Crippen molar-refractivity contribution in [1.82, 2.24) is 19.8 Å². The van der Waals surface area contributed by atoms with Gasteiger partial charge in [0.1, 0.15) is 12.5 Å². The molecule has 88 valence electrons. The van der Waals surface area contributed by atoms with Gasteiger partial charge in [-0.2, -0.15) is 0 Å². The minimum absolute atomic E-state index is 0.253. The first-order valence-corrected chi connectivity index (χ1v) is 5.22. The lowest BCUT2D eigenvalue weighted by Gasteiger charge is -2.25. The van der Waals surface area contributed by atoms with Crippen LogP contribution in [0, 0.1) is 6.92 Å². The number of aromatic nitrogens is 2. The molecule has 5 nitrogen and oxygen atoms in total. The zero-order valence-corrected chi connectivity index (χ0v) is 9.35. The van der Waals surface area contributed by atoms with Crippen LogP contribution in [-0.4, -0.2) is 52.8 Å². The number of alkyl halides is 1. The Kier molecular flexibility index (Phi) is 2.91. The van der Waals surface area contributed by atoms with Crippen LogP contribution in [0.1, 0.15) is 5.69 Å². The maximum atomic E-state index is 13.4. The van der Waals surface area contributed by atoms with Gasteiger partial charge in [-0.05, 0) is 6.92 Å². The maximum absolute atomic E-state index is 13.4. The number of aryl methyl sites for hydroxylation is 1. The summed E-state index contributed by atoms with van der Waals surface area (Å²) in [5, 5.41) is 2.92. The molecule has 1 aliphatic heterocycles. The van der Waals surface area contributed by atoms with Crippen molar-refractivity contribution < 1.29 is 9.18 Å². The van der Waals surface area contributed by atoms with Crippen molar-refractivity contribution in [3.05, 3.63) is 18.2 Å². The molecule has 1 amide bonds. The van der Waals surface area contributed by atoms with Gasteiger partial charge >= 0.3 is 6.03 Å². The van der Waals surface area contributed by atoms with Crippen molar-refractivity contribution in [3.8, 4) is 0 Å². The number of likely N-dealkylation sites (N-methyl/N-ethyl adjacent to an activating group) is 1. The van der Waals surface area contributed by atoms with Crippen LogP contribution in [0.15, 0.2) is 12.5 Å². The fourth-order valence-corrected chi connectivity index (χ4v) is 1.86. The molecule has 16 heavy (non-hydrogen) atoms. The summed E-state index contributed by atoms with van der Waals surface area (Å²) >= 11 is 0. The average molecular weight is 226 g/mol. The number of nitrogens with one attached hydrogen (secondary N) is 1. The van der Waals surface area contributed by atoms with E-state index in [-0.39, 0.29) is 6.03 Å². The molecule has 0 aromatic carbocycles. The van der Waals surface area contributed by atoms with Crippen molar-refractivity contribution in [1.29, 1.82) is 0 Å². The number of rotatable bonds is 1. The van der Waals surface area contributed by atoms with E-state index < -0.39 is 12.2 Å². The monoisotopic (exact) mass is 226 g/mol. The quantitative estimate of drug-likeness (QED) is 0.754. The molecule has 0 aliphatic carbocycles. The summed E-state index contributed by atoms with van der Waals surface area (Å²) in [4.78, 5) is 17.3. The summed E-state index contributed by atoms with van der Waals surface area (Å²) in [6.45, 7) is 2.61. The molecule has 0 saturated carbocycles. The predicted octanol–water partition coefficient (Wildman–Crippen LogP) is 0.401. The summed E-state index contributed by atoms with van der Waals surface area (Å²) in [6.07, 6.45) is 2.08. The van der Waals surface area contributed by atoms with Gasteiger partial charge in [-0.25, -0.2) is 14.2 Å². The van der Waals surface area contributed by atoms with Gasteiger partial charge in [0.2, 0.25) is 0 Å². The SMILES string of the molecule is Cc1cn(C(=O)N(C)C2CNCC2F)cn1. The molecule has 1 saturated heterocycles.